The molecule has 0 radical (unpaired) electrons. The second-order valence-electron chi connectivity index (χ2n) is 6.21. The highest BCUT2D eigenvalue weighted by atomic mass is 15.3. The van der Waals surface area contributed by atoms with Gasteiger partial charge in [0.2, 0.25) is 0 Å². The second-order valence-corrected chi connectivity index (χ2v) is 6.21. The van der Waals surface area contributed by atoms with Crippen molar-refractivity contribution in [3.63, 3.8) is 0 Å². The minimum Gasteiger partial charge on any atom is -0.304 e. The van der Waals surface area contributed by atoms with Gasteiger partial charge in [0.05, 0.1) is 6.04 Å². The van der Waals surface area contributed by atoms with E-state index in [2.05, 4.69) is 24.3 Å². The van der Waals surface area contributed by atoms with Crippen LogP contribution >= 0.6 is 0 Å². The summed E-state index contributed by atoms with van der Waals surface area (Å²) in [5.74, 6) is 3.38. The van der Waals surface area contributed by atoms with E-state index in [0.717, 1.165) is 23.6 Å². The summed E-state index contributed by atoms with van der Waals surface area (Å²) in [7, 11) is 2.03. The number of aromatic nitrogens is 3. The number of hydrogen-bond donors (Lipinski definition) is 1. The van der Waals surface area contributed by atoms with Crippen LogP contribution in [0.15, 0.2) is 0 Å². The summed E-state index contributed by atoms with van der Waals surface area (Å²) in [5, 5.41) is 8.32. The molecule has 2 fully saturated rings. The molecule has 100 valence electrons. The lowest BCUT2D eigenvalue weighted by Crippen LogP contribution is -2.31. The van der Waals surface area contributed by atoms with E-state index in [9.17, 15) is 0 Å². The van der Waals surface area contributed by atoms with E-state index in [0.29, 0.717) is 12.0 Å². The maximum absolute atomic E-state index is 4.74. The molecule has 1 aromatic rings. The van der Waals surface area contributed by atoms with Crippen molar-refractivity contribution in [1.29, 1.82) is 0 Å². The van der Waals surface area contributed by atoms with Crippen molar-refractivity contribution in [1.82, 2.24) is 20.1 Å². The van der Waals surface area contributed by atoms with Crippen molar-refractivity contribution in [3.8, 4) is 0 Å². The number of hydrogen-bond acceptors (Lipinski definition) is 3. The molecular weight excluding hydrogens is 224 g/mol. The molecule has 0 aromatic carbocycles. The van der Waals surface area contributed by atoms with Crippen LogP contribution in [0, 0.1) is 5.92 Å². The molecule has 1 aromatic heterocycles. The Morgan fingerprint density at radius 2 is 2.06 bits per heavy atom. The molecule has 1 saturated heterocycles. The van der Waals surface area contributed by atoms with Gasteiger partial charge >= 0.3 is 0 Å². The number of fused-ring (bicyclic) bond motifs is 1. The zero-order chi connectivity index (χ0) is 12.7. The van der Waals surface area contributed by atoms with E-state index >= 15 is 0 Å². The van der Waals surface area contributed by atoms with E-state index in [-0.39, 0.29) is 0 Å². The molecule has 0 spiro atoms. The van der Waals surface area contributed by atoms with E-state index in [1.165, 1.54) is 32.1 Å². The SMILES string of the molecule is CC(C)c1nc(C2CC3CCCCC3N2)n(C)n1. The van der Waals surface area contributed by atoms with Crippen molar-refractivity contribution in [2.45, 2.75) is 64.0 Å². The topological polar surface area (TPSA) is 42.7 Å². The summed E-state index contributed by atoms with van der Waals surface area (Å²) >= 11 is 0. The fourth-order valence-corrected chi connectivity index (χ4v) is 3.48. The maximum atomic E-state index is 4.74. The highest BCUT2D eigenvalue weighted by Crippen LogP contribution is 2.38. The molecule has 0 bridgehead atoms. The lowest BCUT2D eigenvalue weighted by atomic mass is 9.85. The van der Waals surface area contributed by atoms with Gasteiger partial charge in [0, 0.05) is 19.0 Å². The Kier molecular flexibility index (Phi) is 3.14. The molecule has 1 aliphatic heterocycles. The molecule has 2 heterocycles. The lowest BCUT2D eigenvalue weighted by Gasteiger charge is -2.24. The van der Waals surface area contributed by atoms with Gasteiger partial charge in [-0.25, -0.2) is 4.98 Å². The van der Waals surface area contributed by atoms with Gasteiger partial charge in [-0.1, -0.05) is 26.7 Å². The summed E-state index contributed by atoms with van der Waals surface area (Å²) < 4.78 is 1.98. The number of nitrogens with one attached hydrogen (secondary N) is 1. The molecule has 2 aliphatic rings. The Morgan fingerprint density at radius 1 is 1.28 bits per heavy atom. The summed E-state index contributed by atoms with van der Waals surface area (Å²) in [4.78, 5) is 4.74. The third kappa shape index (κ3) is 2.07. The standard InChI is InChI=1S/C14H24N4/c1-9(2)13-16-14(18(3)17-13)12-8-10-6-4-5-7-11(10)15-12/h9-12,15H,4-8H2,1-3H3. The van der Waals surface area contributed by atoms with Crippen LogP contribution in [0.3, 0.4) is 0 Å². The average Bonchev–Trinajstić information content (AvgIpc) is 2.91. The first kappa shape index (κ1) is 12.2. The molecule has 3 rings (SSSR count). The molecule has 1 saturated carbocycles. The van der Waals surface area contributed by atoms with Gasteiger partial charge in [0.1, 0.15) is 5.82 Å². The van der Waals surface area contributed by atoms with Gasteiger partial charge < -0.3 is 5.32 Å². The van der Waals surface area contributed by atoms with Crippen molar-refractivity contribution < 1.29 is 0 Å². The summed E-state index contributed by atoms with van der Waals surface area (Å²) in [6.07, 6.45) is 6.77. The highest BCUT2D eigenvalue weighted by Gasteiger charge is 2.37. The largest absolute Gasteiger partial charge is 0.304 e. The summed E-state index contributed by atoms with van der Waals surface area (Å²) in [6.45, 7) is 4.31. The van der Waals surface area contributed by atoms with Crippen LogP contribution < -0.4 is 5.32 Å². The average molecular weight is 248 g/mol. The Bertz CT molecular complexity index is 409. The van der Waals surface area contributed by atoms with Gasteiger partial charge in [-0.3, -0.25) is 4.68 Å². The van der Waals surface area contributed by atoms with E-state index in [4.69, 9.17) is 4.98 Å². The predicted octanol–water partition coefficient (Wildman–Crippen LogP) is 2.53. The van der Waals surface area contributed by atoms with E-state index in [1.807, 2.05) is 11.7 Å². The first-order valence-electron chi connectivity index (χ1n) is 7.32. The van der Waals surface area contributed by atoms with E-state index in [1.54, 1.807) is 0 Å². The molecule has 3 atom stereocenters. The predicted molar refractivity (Wildman–Crippen MR) is 71.3 cm³/mol. The van der Waals surface area contributed by atoms with Gasteiger partial charge in [-0.2, -0.15) is 5.10 Å². The normalized spacial score (nSPS) is 31.9. The Balaban J connectivity index is 1.79. The van der Waals surface area contributed by atoms with Crippen molar-refractivity contribution >= 4 is 0 Å². The zero-order valence-electron chi connectivity index (χ0n) is 11.7. The van der Waals surface area contributed by atoms with Crippen molar-refractivity contribution in [2.24, 2.45) is 13.0 Å². The van der Waals surface area contributed by atoms with E-state index < -0.39 is 0 Å². The minimum absolute atomic E-state index is 0.411. The number of nitrogens with zero attached hydrogens (tertiary/aromatic N) is 3. The molecule has 3 unspecified atom stereocenters. The molecule has 4 heteroatoms. The van der Waals surface area contributed by atoms with Crippen LogP contribution in [0.5, 0.6) is 0 Å². The van der Waals surface area contributed by atoms with Crippen LogP contribution in [0.2, 0.25) is 0 Å². The summed E-state index contributed by atoms with van der Waals surface area (Å²) in [6, 6.07) is 1.14. The molecule has 0 amide bonds. The van der Waals surface area contributed by atoms with Crippen LogP contribution in [0.1, 0.15) is 69.6 Å². The highest BCUT2D eigenvalue weighted by molar-refractivity contribution is 5.07. The Hall–Kier alpha value is -0.900. The maximum Gasteiger partial charge on any atom is 0.153 e. The monoisotopic (exact) mass is 248 g/mol. The van der Waals surface area contributed by atoms with Crippen LogP contribution in [-0.4, -0.2) is 20.8 Å². The van der Waals surface area contributed by atoms with Crippen LogP contribution in [0.25, 0.3) is 0 Å². The first-order chi connectivity index (χ1) is 8.65. The Labute approximate surface area is 109 Å². The van der Waals surface area contributed by atoms with Crippen LogP contribution in [-0.2, 0) is 7.05 Å². The molecule has 4 nitrogen and oxygen atoms in total. The van der Waals surface area contributed by atoms with Gasteiger partial charge in [-0.05, 0) is 25.2 Å². The van der Waals surface area contributed by atoms with Gasteiger partial charge in [-0.15, -0.1) is 0 Å². The van der Waals surface area contributed by atoms with Gasteiger partial charge in [0.25, 0.3) is 0 Å². The fraction of sp³-hybridized carbons (Fsp3) is 0.857. The Morgan fingerprint density at radius 3 is 2.72 bits per heavy atom. The second kappa shape index (κ2) is 4.65. The number of aryl methyl sites for hydroxylation is 1. The molecule has 18 heavy (non-hydrogen) atoms. The quantitative estimate of drug-likeness (QED) is 0.874. The summed E-state index contributed by atoms with van der Waals surface area (Å²) in [5.41, 5.74) is 0. The lowest BCUT2D eigenvalue weighted by molar-refractivity contribution is 0.325. The fourth-order valence-electron chi connectivity index (χ4n) is 3.48. The van der Waals surface area contributed by atoms with Crippen LogP contribution in [0.4, 0.5) is 0 Å². The van der Waals surface area contributed by atoms with Crippen molar-refractivity contribution in [2.75, 3.05) is 0 Å². The molecule has 1 N–H and O–H groups in total. The number of rotatable bonds is 2. The third-order valence-electron chi connectivity index (χ3n) is 4.50. The molecular formula is C14H24N4. The van der Waals surface area contributed by atoms with Crippen molar-refractivity contribution in [3.05, 3.63) is 11.6 Å². The third-order valence-corrected chi connectivity index (χ3v) is 4.50. The smallest absolute Gasteiger partial charge is 0.153 e. The first-order valence-corrected chi connectivity index (χ1v) is 7.32. The minimum atomic E-state index is 0.411. The van der Waals surface area contributed by atoms with Gasteiger partial charge in [0.15, 0.2) is 5.82 Å². The molecule has 1 aliphatic carbocycles. The zero-order valence-corrected chi connectivity index (χ0v) is 11.7.